The molecule has 28 heavy (non-hydrogen) atoms. The van der Waals surface area contributed by atoms with Crippen LogP contribution < -0.4 is 15.4 Å². The highest BCUT2D eigenvalue weighted by atomic mass is 16.5. The summed E-state index contributed by atoms with van der Waals surface area (Å²) in [4.78, 5) is 7.33. The molecule has 1 aromatic carbocycles. The number of nitrogens with zero attached hydrogens (tertiary/aromatic N) is 2. The van der Waals surface area contributed by atoms with Crippen molar-refractivity contribution in [3.8, 4) is 5.75 Å². The van der Waals surface area contributed by atoms with Gasteiger partial charge >= 0.3 is 0 Å². The lowest BCUT2D eigenvalue weighted by Crippen LogP contribution is -2.45. The van der Waals surface area contributed by atoms with Crippen molar-refractivity contribution in [2.24, 2.45) is 4.99 Å². The maximum Gasteiger partial charge on any atom is 0.191 e. The van der Waals surface area contributed by atoms with Crippen LogP contribution in [0.15, 0.2) is 52.1 Å². The smallest absolute Gasteiger partial charge is 0.191 e. The normalized spacial score (nSPS) is 17.6. The van der Waals surface area contributed by atoms with Gasteiger partial charge in [-0.25, -0.2) is 4.99 Å². The molecule has 6 nitrogen and oxygen atoms in total. The van der Waals surface area contributed by atoms with Gasteiger partial charge in [0, 0.05) is 31.1 Å². The number of furan rings is 1. The highest BCUT2D eigenvalue weighted by Crippen LogP contribution is 2.18. The highest BCUT2D eigenvalue weighted by Gasteiger charge is 2.22. The number of hydrogen-bond donors (Lipinski definition) is 2. The minimum atomic E-state index is 0.572. The monoisotopic (exact) mass is 384 g/mol. The Balaban J connectivity index is 1.60. The second-order valence-electron chi connectivity index (χ2n) is 7.04. The maximum absolute atomic E-state index is 5.45. The summed E-state index contributed by atoms with van der Waals surface area (Å²) in [6.45, 7) is 6.78. The molecule has 6 heteroatoms. The van der Waals surface area contributed by atoms with Crippen LogP contribution in [0.2, 0.25) is 0 Å². The molecule has 0 radical (unpaired) electrons. The molecule has 1 aromatic heterocycles. The molecule has 2 aromatic rings. The van der Waals surface area contributed by atoms with Gasteiger partial charge in [-0.05, 0) is 44.1 Å². The second-order valence-corrected chi connectivity index (χ2v) is 7.04. The minimum Gasteiger partial charge on any atom is -0.496 e. The van der Waals surface area contributed by atoms with E-state index in [1.54, 1.807) is 13.4 Å². The van der Waals surface area contributed by atoms with Gasteiger partial charge in [0.2, 0.25) is 0 Å². The Bertz CT molecular complexity index is 730. The standard InChI is InChI=1S/C22H32N4O2/c1-3-26-14-6-9-19(26)17-25-22(23-13-12-20-10-7-15-28-20)24-16-18-8-4-5-11-21(18)27-2/h4-5,7-8,10-11,15,19H,3,6,9,12-14,16-17H2,1-2H3,(H2,23,24,25). The lowest BCUT2D eigenvalue weighted by molar-refractivity contribution is 0.267. The predicted octanol–water partition coefficient (Wildman–Crippen LogP) is 3.05. The maximum atomic E-state index is 5.45. The van der Waals surface area contributed by atoms with Crippen LogP contribution >= 0.6 is 0 Å². The Labute approximate surface area is 168 Å². The van der Waals surface area contributed by atoms with Gasteiger partial charge < -0.3 is 19.8 Å². The van der Waals surface area contributed by atoms with E-state index in [0.717, 1.165) is 49.1 Å². The molecule has 0 spiro atoms. The Hall–Kier alpha value is -2.47. The van der Waals surface area contributed by atoms with Crippen LogP contribution in [0, 0.1) is 0 Å². The summed E-state index contributed by atoms with van der Waals surface area (Å²) in [6.07, 6.45) is 5.06. The summed E-state index contributed by atoms with van der Waals surface area (Å²) >= 11 is 0. The number of hydrogen-bond acceptors (Lipinski definition) is 4. The zero-order chi connectivity index (χ0) is 19.6. The summed E-state index contributed by atoms with van der Waals surface area (Å²) in [5.41, 5.74) is 1.08. The van der Waals surface area contributed by atoms with Crippen LogP contribution in [0.4, 0.5) is 0 Å². The molecule has 3 rings (SSSR count). The van der Waals surface area contributed by atoms with Crippen LogP contribution in [-0.2, 0) is 13.0 Å². The van der Waals surface area contributed by atoms with Crippen molar-refractivity contribution in [3.05, 3.63) is 54.0 Å². The van der Waals surface area contributed by atoms with E-state index in [2.05, 4.69) is 28.5 Å². The van der Waals surface area contributed by atoms with E-state index in [1.807, 2.05) is 30.3 Å². The predicted molar refractivity (Wildman–Crippen MR) is 113 cm³/mol. The molecule has 1 aliphatic rings. The Morgan fingerprint density at radius 3 is 2.93 bits per heavy atom. The van der Waals surface area contributed by atoms with Crippen LogP contribution in [0.5, 0.6) is 5.75 Å². The molecule has 1 fully saturated rings. The van der Waals surface area contributed by atoms with Crippen molar-refractivity contribution in [1.29, 1.82) is 0 Å². The minimum absolute atomic E-state index is 0.572. The Morgan fingerprint density at radius 2 is 2.14 bits per heavy atom. The number of para-hydroxylation sites is 1. The molecule has 1 saturated heterocycles. The number of methoxy groups -OCH3 is 1. The molecule has 2 N–H and O–H groups in total. The summed E-state index contributed by atoms with van der Waals surface area (Å²) in [7, 11) is 1.70. The average Bonchev–Trinajstić information content (AvgIpc) is 3.41. The molecule has 2 heterocycles. The first kappa shape index (κ1) is 20.3. The molecule has 1 unspecified atom stereocenters. The first-order chi connectivity index (χ1) is 13.8. The zero-order valence-electron chi connectivity index (χ0n) is 17.0. The topological polar surface area (TPSA) is 62.0 Å². The van der Waals surface area contributed by atoms with Gasteiger partial charge in [-0.15, -0.1) is 0 Å². The fraction of sp³-hybridized carbons (Fsp3) is 0.500. The third-order valence-electron chi connectivity index (χ3n) is 5.25. The molecule has 0 saturated carbocycles. The number of likely N-dealkylation sites (tertiary alicyclic amines) is 1. The van der Waals surface area contributed by atoms with E-state index in [4.69, 9.17) is 14.1 Å². The summed E-state index contributed by atoms with van der Waals surface area (Å²) < 4.78 is 10.9. The number of benzene rings is 1. The van der Waals surface area contributed by atoms with Gasteiger partial charge in [0.15, 0.2) is 5.96 Å². The van der Waals surface area contributed by atoms with Crippen LogP contribution in [0.1, 0.15) is 31.1 Å². The van der Waals surface area contributed by atoms with E-state index in [1.165, 1.54) is 19.4 Å². The SMILES string of the molecule is CCN1CCCC1CNC(=NCc1ccccc1OC)NCCc1ccco1. The molecule has 1 atom stereocenters. The average molecular weight is 385 g/mol. The second kappa shape index (κ2) is 10.8. The van der Waals surface area contributed by atoms with Crippen molar-refractivity contribution in [1.82, 2.24) is 15.5 Å². The number of aliphatic imine (C=N–C) groups is 1. The molecule has 0 bridgehead atoms. The fourth-order valence-corrected chi connectivity index (χ4v) is 3.69. The number of guanidine groups is 1. The number of rotatable bonds is 9. The van der Waals surface area contributed by atoms with Gasteiger partial charge in [-0.2, -0.15) is 0 Å². The Kier molecular flexibility index (Phi) is 7.79. The van der Waals surface area contributed by atoms with E-state index in [9.17, 15) is 0 Å². The lowest BCUT2D eigenvalue weighted by atomic mass is 10.2. The van der Waals surface area contributed by atoms with Gasteiger partial charge in [-0.1, -0.05) is 25.1 Å². The van der Waals surface area contributed by atoms with Crippen molar-refractivity contribution >= 4 is 5.96 Å². The number of ether oxygens (including phenoxy) is 1. The van der Waals surface area contributed by atoms with E-state index in [0.29, 0.717) is 12.6 Å². The fourth-order valence-electron chi connectivity index (χ4n) is 3.69. The van der Waals surface area contributed by atoms with Crippen LogP contribution in [0.25, 0.3) is 0 Å². The third-order valence-corrected chi connectivity index (χ3v) is 5.25. The van der Waals surface area contributed by atoms with Crippen molar-refractivity contribution < 1.29 is 9.15 Å². The number of nitrogens with one attached hydrogen (secondary N) is 2. The molecular weight excluding hydrogens is 352 g/mol. The molecule has 0 aliphatic carbocycles. The quantitative estimate of drug-likeness (QED) is 0.514. The highest BCUT2D eigenvalue weighted by molar-refractivity contribution is 5.79. The van der Waals surface area contributed by atoms with Crippen LogP contribution in [0.3, 0.4) is 0 Å². The number of likely N-dealkylation sites (N-methyl/N-ethyl adjacent to an activating group) is 1. The van der Waals surface area contributed by atoms with Gasteiger partial charge in [-0.3, -0.25) is 4.90 Å². The molecular formula is C22H32N4O2. The first-order valence-corrected chi connectivity index (χ1v) is 10.2. The zero-order valence-corrected chi connectivity index (χ0v) is 17.0. The van der Waals surface area contributed by atoms with Crippen molar-refractivity contribution in [3.63, 3.8) is 0 Å². The van der Waals surface area contributed by atoms with Crippen LogP contribution in [-0.4, -0.2) is 50.2 Å². The molecule has 0 amide bonds. The first-order valence-electron chi connectivity index (χ1n) is 10.2. The van der Waals surface area contributed by atoms with Gasteiger partial charge in [0.1, 0.15) is 11.5 Å². The van der Waals surface area contributed by atoms with E-state index >= 15 is 0 Å². The largest absolute Gasteiger partial charge is 0.496 e. The van der Waals surface area contributed by atoms with Crippen molar-refractivity contribution in [2.45, 2.75) is 38.8 Å². The van der Waals surface area contributed by atoms with E-state index < -0.39 is 0 Å². The van der Waals surface area contributed by atoms with Gasteiger partial charge in [0.25, 0.3) is 0 Å². The lowest BCUT2D eigenvalue weighted by Gasteiger charge is -2.24. The van der Waals surface area contributed by atoms with Crippen molar-refractivity contribution in [2.75, 3.05) is 33.3 Å². The third kappa shape index (κ3) is 5.76. The molecule has 1 aliphatic heterocycles. The summed E-state index contributed by atoms with van der Waals surface area (Å²) in [5.74, 6) is 2.68. The molecule has 152 valence electrons. The summed E-state index contributed by atoms with van der Waals surface area (Å²) in [5, 5.41) is 6.98. The van der Waals surface area contributed by atoms with Gasteiger partial charge in [0.05, 0.1) is 19.9 Å². The Morgan fingerprint density at radius 1 is 1.25 bits per heavy atom. The van der Waals surface area contributed by atoms with E-state index in [-0.39, 0.29) is 0 Å². The summed E-state index contributed by atoms with van der Waals surface area (Å²) in [6, 6.07) is 12.5.